The minimum Gasteiger partial charge on any atom is -0.342 e. The highest BCUT2D eigenvalue weighted by atomic mass is 16.2. The van der Waals surface area contributed by atoms with Gasteiger partial charge in [-0.3, -0.25) is 9.69 Å². The molecule has 0 unspecified atom stereocenters. The molecule has 1 aliphatic heterocycles. The number of hydrogen-bond donors (Lipinski definition) is 1. The molecular formula is C17H27N3O. The molecule has 2 rings (SSSR count). The molecule has 0 aliphatic carbocycles. The number of amides is 1. The molecule has 1 aromatic rings. The van der Waals surface area contributed by atoms with E-state index >= 15 is 0 Å². The zero-order valence-corrected chi connectivity index (χ0v) is 12.8. The summed E-state index contributed by atoms with van der Waals surface area (Å²) in [6.07, 6.45) is 4.51. The van der Waals surface area contributed by atoms with Gasteiger partial charge in [-0.1, -0.05) is 30.3 Å². The van der Waals surface area contributed by atoms with E-state index in [4.69, 9.17) is 5.73 Å². The number of carbonyl (C=O) groups excluding carboxylic acids is 1. The lowest BCUT2D eigenvalue weighted by atomic mass is 10.1. The highest BCUT2D eigenvalue weighted by Gasteiger charge is 2.18. The van der Waals surface area contributed by atoms with Gasteiger partial charge < -0.3 is 10.6 Å². The normalized spacial score (nSPS) is 15.4. The number of piperidine rings is 1. The van der Waals surface area contributed by atoms with Crippen molar-refractivity contribution in [2.45, 2.75) is 25.7 Å². The van der Waals surface area contributed by atoms with Crippen LogP contribution in [0, 0.1) is 0 Å². The lowest BCUT2D eigenvalue weighted by Gasteiger charge is -2.30. The van der Waals surface area contributed by atoms with Crippen molar-refractivity contribution < 1.29 is 4.79 Å². The van der Waals surface area contributed by atoms with Crippen molar-refractivity contribution >= 4 is 5.91 Å². The highest BCUT2D eigenvalue weighted by molar-refractivity contribution is 5.78. The average Bonchev–Trinajstić information content (AvgIpc) is 2.54. The molecule has 116 valence electrons. The Bertz CT molecular complexity index is 415. The van der Waals surface area contributed by atoms with E-state index in [9.17, 15) is 4.79 Å². The van der Waals surface area contributed by atoms with Crippen molar-refractivity contribution in [3.63, 3.8) is 0 Å². The SMILES string of the molecule is NCCN(CCc1ccccc1)CC(=O)N1CCCCC1. The minimum absolute atomic E-state index is 0.260. The molecule has 0 bridgehead atoms. The Kier molecular flexibility index (Phi) is 6.70. The molecule has 21 heavy (non-hydrogen) atoms. The molecule has 1 saturated heterocycles. The summed E-state index contributed by atoms with van der Waals surface area (Å²) in [5.41, 5.74) is 7.00. The third-order valence-electron chi connectivity index (χ3n) is 4.07. The van der Waals surface area contributed by atoms with E-state index in [0.29, 0.717) is 13.1 Å². The first-order valence-corrected chi connectivity index (χ1v) is 8.03. The third kappa shape index (κ3) is 5.48. The van der Waals surface area contributed by atoms with Gasteiger partial charge in [0.2, 0.25) is 5.91 Å². The summed E-state index contributed by atoms with van der Waals surface area (Å²) >= 11 is 0. The third-order valence-corrected chi connectivity index (χ3v) is 4.07. The van der Waals surface area contributed by atoms with Crippen LogP contribution in [0.25, 0.3) is 0 Å². The second kappa shape index (κ2) is 8.80. The van der Waals surface area contributed by atoms with Gasteiger partial charge in [-0.05, 0) is 31.2 Å². The lowest BCUT2D eigenvalue weighted by Crippen LogP contribution is -2.44. The molecule has 0 atom stereocenters. The van der Waals surface area contributed by atoms with Crippen molar-refractivity contribution in [3.05, 3.63) is 35.9 Å². The number of rotatable bonds is 7. The summed E-state index contributed by atoms with van der Waals surface area (Å²) in [6.45, 7) is 4.63. The quantitative estimate of drug-likeness (QED) is 0.827. The number of nitrogens with two attached hydrogens (primary N) is 1. The van der Waals surface area contributed by atoms with Crippen molar-refractivity contribution in [3.8, 4) is 0 Å². The van der Waals surface area contributed by atoms with Crippen molar-refractivity contribution in [1.82, 2.24) is 9.80 Å². The van der Waals surface area contributed by atoms with E-state index in [0.717, 1.165) is 45.4 Å². The first-order valence-electron chi connectivity index (χ1n) is 8.03. The molecule has 2 N–H and O–H groups in total. The Labute approximate surface area is 127 Å². The predicted molar refractivity (Wildman–Crippen MR) is 86.1 cm³/mol. The maximum absolute atomic E-state index is 12.3. The van der Waals surface area contributed by atoms with Crippen molar-refractivity contribution in [2.75, 3.05) is 39.3 Å². The van der Waals surface area contributed by atoms with Gasteiger partial charge in [-0.25, -0.2) is 0 Å². The summed E-state index contributed by atoms with van der Waals surface area (Å²) < 4.78 is 0. The molecule has 0 aromatic heterocycles. The van der Waals surface area contributed by atoms with Crippen molar-refractivity contribution in [2.24, 2.45) is 5.73 Å². The van der Waals surface area contributed by atoms with Crippen LogP contribution in [0.5, 0.6) is 0 Å². The molecular weight excluding hydrogens is 262 g/mol. The van der Waals surface area contributed by atoms with Crippen LogP contribution < -0.4 is 5.73 Å². The number of likely N-dealkylation sites (tertiary alicyclic amines) is 1. The summed E-state index contributed by atoms with van der Waals surface area (Å²) in [6, 6.07) is 10.4. The molecule has 0 saturated carbocycles. The largest absolute Gasteiger partial charge is 0.342 e. The van der Waals surface area contributed by atoms with E-state index in [-0.39, 0.29) is 5.91 Å². The topological polar surface area (TPSA) is 49.6 Å². The van der Waals surface area contributed by atoms with Gasteiger partial charge in [0.25, 0.3) is 0 Å². The Morgan fingerprint density at radius 2 is 1.81 bits per heavy atom. The average molecular weight is 289 g/mol. The lowest BCUT2D eigenvalue weighted by molar-refractivity contribution is -0.133. The monoisotopic (exact) mass is 289 g/mol. The molecule has 1 aliphatic rings. The smallest absolute Gasteiger partial charge is 0.236 e. The molecule has 1 fully saturated rings. The fourth-order valence-electron chi connectivity index (χ4n) is 2.82. The predicted octanol–water partition coefficient (Wildman–Crippen LogP) is 1.50. The minimum atomic E-state index is 0.260. The second-order valence-corrected chi connectivity index (χ2v) is 5.74. The number of hydrogen-bond acceptors (Lipinski definition) is 3. The first kappa shape index (κ1) is 16.0. The molecule has 4 heteroatoms. The van der Waals surface area contributed by atoms with Crippen molar-refractivity contribution in [1.29, 1.82) is 0 Å². The van der Waals surface area contributed by atoms with Gasteiger partial charge in [0, 0.05) is 32.7 Å². The van der Waals surface area contributed by atoms with E-state index in [1.54, 1.807) is 0 Å². The van der Waals surface area contributed by atoms with E-state index < -0.39 is 0 Å². The Morgan fingerprint density at radius 3 is 2.48 bits per heavy atom. The maximum Gasteiger partial charge on any atom is 0.236 e. The van der Waals surface area contributed by atoms with E-state index in [2.05, 4.69) is 29.2 Å². The Morgan fingerprint density at radius 1 is 1.10 bits per heavy atom. The summed E-state index contributed by atoms with van der Waals surface area (Å²) in [7, 11) is 0. The second-order valence-electron chi connectivity index (χ2n) is 5.74. The number of carbonyl (C=O) groups is 1. The van der Waals surface area contributed by atoms with Gasteiger partial charge in [0.15, 0.2) is 0 Å². The fraction of sp³-hybridized carbons (Fsp3) is 0.588. The molecule has 1 heterocycles. The van der Waals surface area contributed by atoms with Gasteiger partial charge in [0.05, 0.1) is 6.54 Å². The van der Waals surface area contributed by atoms with Crippen LogP contribution in [0.3, 0.4) is 0 Å². The first-order chi connectivity index (χ1) is 10.3. The Hall–Kier alpha value is -1.39. The van der Waals surface area contributed by atoms with Gasteiger partial charge >= 0.3 is 0 Å². The van der Waals surface area contributed by atoms with E-state index in [1.807, 2.05) is 11.0 Å². The van der Waals surface area contributed by atoms with Crippen LogP contribution >= 0.6 is 0 Å². The molecule has 4 nitrogen and oxygen atoms in total. The number of nitrogens with zero attached hydrogens (tertiary/aromatic N) is 2. The summed E-state index contributed by atoms with van der Waals surface area (Å²) in [4.78, 5) is 16.5. The summed E-state index contributed by atoms with van der Waals surface area (Å²) in [5, 5.41) is 0. The van der Waals surface area contributed by atoms with Gasteiger partial charge in [0.1, 0.15) is 0 Å². The van der Waals surface area contributed by atoms with Crippen LogP contribution in [0.2, 0.25) is 0 Å². The molecule has 1 aromatic carbocycles. The zero-order chi connectivity index (χ0) is 14.9. The number of benzene rings is 1. The molecule has 0 radical (unpaired) electrons. The zero-order valence-electron chi connectivity index (χ0n) is 12.8. The van der Waals surface area contributed by atoms with Crippen LogP contribution in [-0.4, -0.2) is 55.0 Å². The highest BCUT2D eigenvalue weighted by Crippen LogP contribution is 2.09. The summed E-state index contributed by atoms with van der Waals surface area (Å²) in [5.74, 6) is 0.260. The standard InChI is InChI=1S/C17H27N3O/c18-10-14-19(13-9-16-7-3-1-4-8-16)15-17(21)20-11-5-2-6-12-20/h1,3-4,7-8H,2,5-6,9-15,18H2. The van der Waals surface area contributed by atoms with Gasteiger partial charge in [-0.15, -0.1) is 0 Å². The van der Waals surface area contributed by atoms with Crippen LogP contribution in [0.4, 0.5) is 0 Å². The Balaban J connectivity index is 1.81. The van der Waals surface area contributed by atoms with Gasteiger partial charge in [-0.2, -0.15) is 0 Å². The fourth-order valence-corrected chi connectivity index (χ4v) is 2.82. The van der Waals surface area contributed by atoms with Crippen LogP contribution in [0.15, 0.2) is 30.3 Å². The molecule has 0 spiro atoms. The van der Waals surface area contributed by atoms with Crippen LogP contribution in [0.1, 0.15) is 24.8 Å². The maximum atomic E-state index is 12.3. The molecule has 1 amide bonds. The van der Waals surface area contributed by atoms with Crippen LogP contribution in [-0.2, 0) is 11.2 Å². The van der Waals surface area contributed by atoms with E-state index in [1.165, 1.54) is 12.0 Å².